The standard InChI is InChI=1S/C50H30N2S/c1-2-11-33-27-36(21-17-31(33)9-1)52-47-25-20-35(29-43(47)41-23-18-32-10-3-4-12-38(32)50(41)52)34-19-24-46-42(28-34)39-13-5-7-15-45(39)51(46)37-22-26-49-44(30-37)40-14-6-8-16-48(40)53-49/h1-30H. The van der Waals surface area contributed by atoms with E-state index < -0.39 is 0 Å². The Morgan fingerprint density at radius 3 is 1.74 bits per heavy atom. The smallest absolute Gasteiger partial charge is 0.0619 e. The summed E-state index contributed by atoms with van der Waals surface area (Å²) >= 11 is 1.87. The lowest BCUT2D eigenvalue weighted by atomic mass is 10.00. The first-order chi connectivity index (χ1) is 26.3. The van der Waals surface area contributed by atoms with Crippen LogP contribution in [0.4, 0.5) is 0 Å². The van der Waals surface area contributed by atoms with Crippen molar-refractivity contribution in [2.75, 3.05) is 0 Å². The van der Waals surface area contributed by atoms with E-state index in [2.05, 4.69) is 191 Å². The number of nitrogens with zero attached hydrogens (tertiary/aromatic N) is 2. The fourth-order valence-electron chi connectivity index (χ4n) is 8.83. The van der Waals surface area contributed by atoms with Crippen LogP contribution < -0.4 is 0 Å². The van der Waals surface area contributed by atoms with Crippen LogP contribution in [0.3, 0.4) is 0 Å². The Kier molecular flexibility index (Phi) is 5.96. The molecule has 0 bridgehead atoms. The van der Waals surface area contributed by atoms with E-state index in [4.69, 9.17) is 0 Å². The van der Waals surface area contributed by atoms with Gasteiger partial charge in [0.15, 0.2) is 0 Å². The molecule has 2 nitrogen and oxygen atoms in total. The predicted molar refractivity (Wildman–Crippen MR) is 228 cm³/mol. The van der Waals surface area contributed by atoms with E-state index in [-0.39, 0.29) is 0 Å². The zero-order valence-corrected chi connectivity index (χ0v) is 29.4. The van der Waals surface area contributed by atoms with Gasteiger partial charge in [-0.3, -0.25) is 0 Å². The minimum atomic E-state index is 1.18. The summed E-state index contributed by atoms with van der Waals surface area (Å²) < 4.78 is 7.56. The topological polar surface area (TPSA) is 9.86 Å². The lowest BCUT2D eigenvalue weighted by molar-refractivity contribution is 1.19. The molecule has 0 saturated heterocycles. The van der Waals surface area contributed by atoms with Crippen LogP contribution in [0.2, 0.25) is 0 Å². The molecule has 246 valence electrons. The van der Waals surface area contributed by atoms with E-state index in [0.29, 0.717) is 0 Å². The van der Waals surface area contributed by atoms with Gasteiger partial charge in [-0.15, -0.1) is 11.3 Å². The van der Waals surface area contributed by atoms with Gasteiger partial charge in [0, 0.05) is 58.5 Å². The Bertz CT molecular complexity index is 3470. The second-order valence-corrected chi connectivity index (χ2v) is 15.2. The predicted octanol–water partition coefficient (Wildman–Crippen LogP) is 14.2. The highest BCUT2D eigenvalue weighted by Crippen LogP contribution is 2.41. The number of benzene rings is 9. The molecule has 0 N–H and O–H groups in total. The monoisotopic (exact) mass is 690 g/mol. The average molecular weight is 691 g/mol. The van der Waals surface area contributed by atoms with Gasteiger partial charge in [0.05, 0.1) is 22.1 Å². The number of thiophene rings is 1. The van der Waals surface area contributed by atoms with E-state index >= 15 is 0 Å². The summed E-state index contributed by atoms with van der Waals surface area (Å²) in [4.78, 5) is 0. The summed E-state index contributed by atoms with van der Waals surface area (Å²) in [5.74, 6) is 0. The van der Waals surface area contributed by atoms with Gasteiger partial charge in [0.2, 0.25) is 0 Å². The van der Waals surface area contributed by atoms with E-state index in [0.717, 1.165) is 0 Å². The molecule has 53 heavy (non-hydrogen) atoms. The maximum atomic E-state index is 2.47. The molecule has 0 fully saturated rings. The van der Waals surface area contributed by atoms with E-state index in [1.807, 2.05) is 11.3 Å². The van der Waals surface area contributed by atoms with Crippen LogP contribution in [0.5, 0.6) is 0 Å². The van der Waals surface area contributed by atoms with Gasteiger partial charge in [-0.25, -0.2) is 0 Å². The lowest BCUT2D eigenvalue weighted by Crippen LogP contribution is -1.94. The summed E-state index contributed by atoms with van der Waals surface area (Å²) in [6, 6.07) is 67.4. The fraction of sp³-hybridized carbons (Fsp3) is 0. The van der Waals surface area contributed by atoms with Gasteiger partial charge in [-0.1, -0.05) is 115 Å². The summed E-state index contributed by atoms with van der Waals surface area (Å²) in [6.07, 6.45) is 0. The molecule has 0 aliphatic heterocycles. The zero-order chi connectivity index (χ0) is 34.6. The second-order valence-electron chi connectivity index (χ2n) is 14.1. The van der Waals surface area contributed by atoms with Crippen molar-refractivity contribution < 1.29 is 0 Å². The van der Waals surface area contributed by atoms with Crippen molar-refractivity contribution in [3.63, 3.8) is 0 Å². The van der Waals surface area contributed by atoms with Crippen molar-refractivity contribution in [2.24, 2.45) is 0 Å². The number of hydrogen-bond donors (Lipinski definition) is 0. The molecule has 12 aromatic rings. The van der Waals surface area contributed by atoms with Crippen LogP contribution in [0.15, 0.2) is 182 Å². The molecule has 0 amide bonds. The lowest BCUT2D eigenvalue weighted by Gasteiger charge is -2.11. The Balaban J connectivity index is 1.07. The molecule has 3 heteroatoms. The Hall–Kier alpha value is -6.68. The van der Waals surface area contributed by atoms with Crippen LogP contribution in [0, 0.1) is 0 Å². The molecule has 12 rings (SSSR count). The molecule has 3 aromatic heterocycles. The maximum Gasteiger partial charge on any atom is 0.0619 e. The Morgan fingerprint density at radius 2 is 0.887 bits per heavy atom. The van der Waals surface area contributed by atoms with Crippen LogP contribution in [-0.4, -0.2) is 9.13 Å². The van der Waals surface area contributed by atoms with Gasteiger partial charge in [-0.2, -0.15) is 0 Å². The first-order valence-corrected chi connectivity index (χ1v) is 19.0. The molecule has 0 aliphatic rings. The fourth-order valence-corrected chi connectivity index (χ4v) is 9.91. The molecule has 0 unspecified atom stereocenters. The zero-order valence-electron chi connectivity index (χ0n) is 28.6. The SMILES string of the molecule is c1ccc2cc(-n3c4ccc(-c5ccc6c(c5)c5ccccc5n6-c5ccc6sc7ccccc7c6c5)cc4c4ccc5ccccc5c43)ccc2c1. The van der Waals surface area contributed by atoms with Crippen molar-refractivity contribution in [2.45, 2.75) is 0 Å². The number of fused-ring (bicyclic) bond motifs is 12. The molecule has 0 radical (unpaired) electrons. The molecule has 0 aliphatic carbocycles. The highest BCUT2D eigenvalue weighted by atomic mass is 32.1. The van der Waals surface area contributed by atoms with Crippen molar-refractivity contribution in [3.05, 3.63) is 182 Å². The maximum absolute atomic E-state index is 2.47. The number of para-hydroxylation sites is 1. The molecular weight excluding hydrogens is 661 g/mol. The van der Waals surface area contributed by atoms with Gasteiger partial charge in [0.25, 0.3) is 0 Å². The average Bonchev–Trinajstić information content (AvgIpc) is 3.87. The second kappa shape index (κ2) is 10.9. The summed E-state index contributed by atoms with van der Waals surface area (Å²) in [7, 11) is 0. The third kappa shape index (κ3) is 4.20. The van der Waals surface area contributed by atoms with Crippen molar-refractivity contribution >= 4 is 96.7 Å². The summed E-state index contributed by atoms with van der Waals surface area (Å²) in [5.41, 5.74) is 9.70. The molecular formula is C50H30N2S. The van der Waals surface area contributed by atoms with Crippen LogP contribution >= 0.6 is 11.3 Å². The molecule has 9 aromatic carbocycles. The Labute approximate surface area is 309 Å². The quantitative estimate of drug-likeness (QED) is 0.175. The molecule has 0 atom stereocenters. The molecule has 0 spiro atoms. The Morgan fingerprint density at radius 1 is 0.302 bits per heavy atom. The first-order valence-electron chi connectivity index (χ1n) is 18.2. The third-order valence-corrected chi connectivity index (χ3v) is 12.4. The number of rotatable bonds is 3. The van der Waals surface area contributed by atoms with Crippen molar-refractivity contribution in [3.8, 4) is 22.5 Å². The van der Waals surface area contributed by atoms with Gasteiger partial charge in [-0.05, 0) is 94.0 Å². The van der Waals surface area contributed by atoms with E-state index in [1.165, 1.54) is 108 Å². The minimum absolute atomic E-state index is 1.18. The first kappa shape index (κ1) is 29.0. The van der Waals surface area contributed by atoms with Crippen LogP contribution in [-0.2, 0) is 0 Å². The number of hydrogen-bond acceptors (Lipinski definition) is 1. The highest BCUT2D eigenvalue weighted by molar-refractivity contribution is 7.25. The minimum Gasteiger partial charge on any atom is -0.309 e. The van der Waals surface area contributed by atoms with Crippen LogP contribution in [0.25, 0.3) is 108 Å². The van der Waals surface area contributed by atoms with Gasteiger partial charge < -0.3 is 9.13 Å². The third-order valence-electron chi connectivity index (χ3n) is 11.3. The van der Waals surface area contributed by atoms with Crippen molar-refractivity contribution in [1.29, 1.82) is 0 Å². The van der Waals surface area contributed by atoms with Gasteiger partial charge in [0.1, 0.15) is 0 Å². The molecule has 0 saturated carbocycles. The summed E-state index contributed by atoms with van der Waals surface area (Å²) in [6.45, 7) is 0. The summed E-state index contributed by atoms with van der Waals surface area (Å²) in [5, 5.41) is 12.7. The highest BCUT2D eigenvalue weighted by Gasteiger charge is 2.18. The van der Waals surface area contributed by atoms with Crippen molar-refractivity contribution in [1.82, 2.24) is 9.13 Å². The van der Waals surface area contributed by atoms with E-state index in [9.17, 15) is 0 Å². The van der Waals surface area contributed by atoms with Crippen LogP contribution in [0.1, 0.15) is 0 Å². The van der Waals surface area contributed by atoms with Gasteiger partial charge >= 0.3 is 0 Å². The molecule has 3 heterocycles. The largest absolute Gasteiger partial charge is 0.309 e. The van der Waals surface area contributed by atoms with E-state index in [1.54, 1.807) is 0 Å². The number of aromatic nitrogens is 2. The normalized spacial score (nSPS) is 12.2.